The van der Waals surface area contributed by atoms with Crippen LogP contribution in [-0.2, 0) is 11.3 Å². The van der Waals surface area contributed by atoms with E-state index in [1.54, 1.807) is 19.5 Å². The summed E-state index contributed by atoms with van der Waals surface area (Å²) in [5.74, 6) is 1.53. The molecule has 3 heterocycles. The van der Waals surface area contributed by atoms with E-state index in [0.717, 1.165) is 37.6 Å². The molecule has 0 N–H and O–H groups in total. The SMILES string of the molecule is COc1cccc(CN2C[C@H]3CN(c4cncnc4)C(=O)[C@H]3C2)c1. The molecule has 2 atom stereocenters. The summed E-state index contributed by atoms with van der Waals surface area (Å²) in [5, 5.41) is 0. The molecule has 0 bridgehead atoms. The average Bonchev–Trinajstić information content (AvgIpc) is 3.15. The third-order valence-electron chi connectivity index (χ3n) is 4.92. The Morgan fingerprint density at radius 3 is 2.79 bits per heavy atom. The summed E-state index contributed by atoms with van der Waals surface area (Å²) in [4.78, 5) is 24.9. The number of aromatic nitrogens is 2. The largest absolute Gasteiger partial charge is 0.497 e. The molecule has 4 rings (SSSR count). The van der Waals surface area contributed by atoms with Gasteiger partial charge in [-0.3, -0.25) is 9.69 Å². The molecule has 2 aliphatic heterocycles. The van der Waals surface area contributed by atoms with E-state index in [1.807, 2.05) is 17.0 Å². The maximum absolute atomic E-state index is 12.7. The molecular weight excluding hydrogens is 304 g/mol. The number of likely N-dealkylation sites (tertiary alicyclic amines) is 1. The van der Waals surface area contributed by atoms with Gasteiger partial charge in [0.05, 0.1) is 31.1 Å². The standard InChI is InChI=1S/C18H20N4O2/c1-24-16-4-2-3-13(5-16)8-21-9-14-10-22(18(23)17(14)11-21)15-6-19-12-20-7-15/h2-7,12,14,17H,8-11H2,1H3/t14-,17-/m0/s1. The fraction of sp³-hybridized carbons (Fsp3) is 0.389. The minimum Gasteiger partial charge on any atom is -0.497 e. The first-order valence-electron chi connectivity index (χ1n) is 8.16. The number of carbonyl (C=O) groups is 1. The van der Waals surface area contributed by atoms with E-state index < -0.39 is 0 Å². The summed E-state index contributed by atoms with van der Waals surface area (Å²) >= 11 is 0. The Labute approximate surface area is 141 Å². The number of amides is 1. The molecule has 0 aliphatic carbocycles. The minimum absolute atomic E-state index is 0.0795. The van der Waals surface area contributed by atoms with Crippen LogP contribution in [0.15, 0.2) is 43.0 Å². The van der Waals surface area contributed by atoms with E-state index in [9.17, 15) is 4.79 Å². The highest BCUT2D eigenvalue weighted by atomic mass is 16.5. The Morgan fingerprint density at radius 1 is 1.21 bits per heavy atom. The highest BCUT2D eigenvalue weighted by Gasteiger charge is 2.46. The molecule has 24 heavy (non-hydrogen) atoms. The molecule has 0 spiro atoms. The third kappa shape index (κ3) is 2.73. The molecule has 0 unspecified atom stereocenters. The highest BCUT2D eigenvalue weighted by Crippen LogP contribution is 2.35. The predicted molar refractivity (Wildman–Crippen MR) is 89.6 cm³/mol. The van der Waals surface area contributed by atoms with Gasteiger partial charge in [0, 0.05) is 32.1 Å². The summed E-state index contributed by atoms with van der Waals surface area (Å²) in [6, 6.07) is 8.12. The van der Waals surface area contributed by atoms with E-state index >= 15 is 0 Å². The lowest BCUT2D eigenvalue weighted by atomic mass is 10.0. The topological polar surface area (TPSA) is 58.6 Å². The van der Waals surface area contributed by atoms with Crippen molar-refractivity contribution in [3.63, 3.8) is 0 Å². The van der Waals surface area contributed by atoms with Gasteiger partial charge in [0.25, 0.3) is 0 Å². The molecule has 0 radical (unpaired) electrons. The summed E-state index contributed by atoms with van der Waals surface area (Å²) in [6.45, 7) is 3.36. The average molecular weight is 324 g/mol. The molecule has 6 nitrogen and oxygen atoms in total. The van der Waals surface area contributed by atoms with Gasteiger partial charge >= 0.3 is 0 Å². The van der Waals surface area contributed by atoms with Crippen molar-refractivity contribution in [1.82, 2.24) is 14.9 Å². The lowest BCUT2D eigenvalue weighted by Crippen LogP contribution is -2.32. The normalized spacial score (nSPS) is 23.5. The molecule has 1 aromatic carbocycles. The summed E-state index contributed by atoms with van der Waals surface area (Å²) < 4.78 is 5.28. The molecule has 2 saturated heterocycles. The van der Waals surface area contributed by atoms with E-state index in [2.05, 4.69) is 27.0 Å². The van der Waals surface area contributed by atoms with Crippen molar-refractivity contribution in [2.24, 2.45) is 11.8 Å². The number of nitrogens with zero attached hydrogens (tertiary/aromatic N) is 4. The van der Waals surface area contributed by atoms with Crippen LogP contribution in [0.25, 0.3) is 0 Å². The van der Waals surface area contributed by atoms with Crippen LogP contribution in [0.3, 0.4) is 0 Å². The molecule has 2 aliphatic rings. The van der Waals surface area contributed by atoms with Crippen molar-refractivity contribution >= 4 is 11.6 Å². The Balaban J connectivity index is 1.42. The number of ether oxygens (including phenoxy) is 1. The second-order valence-electron chi connectivity index (χ2n) is 6.46. The molecule has 2 aromatic rings. The van der Waals surface area contributed by atoms with Crippen LogP contribution >= 0.6 is 0 Å². The molecule has 124 valence electrons. The second-order valence-corrected chi connectivity index (χ2v) is 6.46. The Kier molecular flexibility index (Phi) is 3.90. The monoisotopic (exact) mass is 324 g/mol. The first-order chi connectivity index (χ1) is 11.7. The quantitative estimate of drug-likeness (QED) is 0.855. The summed E-state index contributed by atoms with van der Waals surface area (Å²) in [6.07, 6.45) is 4.90. The fourth-order valence-corrected chi connectivity index (χ4v) is 3.77. The van der Waals surface area contributed by atoms with E-state index in [-0.39, 0.29) is 11.8 Å². The minimum atomic E-state index is 0.0795. The van der Waals surface area contributed by atoms with Crippen LogP contribution in [-0.4, -0.2) is 47.5 Å². The Morgan fingerprint density at radius 2 is 2.04 bits per heavy atom. The Hall–Kier alpha value is -2.47. The number of fused-ring (bicyclic) bond motifs is 1. The lowest BCUT2D eigenvalue weighted by Gasteiger charge is -2.21. The number of methoxy groups -OCH3 is 1. The van der Waals surface area contributed by atoms with E-state index in [1.165, 1.54) is 11.9 Å². The smallest absolute Gasteiger partial charge is 0.231 e. The predicted octanol–water partition coefficient (Wildman–Crippen LogP) is 1.58. The molecule has 6 heteroatoms. The number of hydrogen-bond donors (Lipinski definition) is 0. The maximum Gasteiger partial charge on any atom is 0.231 e. The zero-order valence-electron chi connectivity index (χ0n) is 13.6. The van der Waals surface area contributed by atoms with Crippen LogP contribution in [0.5, 0.6) is 5.75 Å². The van der Waals surface area contributed by atoms with Crippen molar-refractivity contribution < 1.29 is 9.53 Å². The summed E-state index contributed by atoms with van der Waals surface area (Å²) in [5.41, 5.74) is 2.02. The van der Waals surface area contributed by atoms with Crippen LogP contribution in [0, 0.1) is 11.8 Å². The van der Waals surface area contributed by atoms with Crippen LogP contribution < -0.4 is 9.64 Å². The summed E-state index contributed by atoms with van der Waals surface area (Å²) in [7, 11) is 1.68. The zero-order valence-corrected chi connectivity index (χ0v) is 13.6. The van der Waals surface area contributed by atoms with Gasteiger partial charge in [-0.15, -0.1) is 0 Å². The van der Waals surface area contributed by atoms with Gasteiger partial charge < -0.3 is 9.64 Å². The van der Waals surface area contributed by atoms with Gasteiger partial charge in [-0.05, 0) is 17.7 Å². The maximum atomic E-state index is 12.7. The number of carbonyl (C=O) groups excluding carboxylic acids is 1. The van der Waals surface area contributed by atoms with E-state index in [0.29, 0.717) is 5.92 Å². The number of benzene rings is 1. The van der Waals surface area contributed by atoms with Crippen molar-refractivity contribution in [3.05, 3.63) is 48.5 Å². The Bertz CT molecular complexity index is 737. The lowest BCUT2D eigenvalue weighted by molar-refractivity contribution is -0.120. The second kappa shape index (κ2) is 6.20. The fourth-order valence-electron chi connectivity index (χ4n) is 3.77. The number of anilines is 1. The van der Waals surface area contributed by atoms with Gasteiger partial charge in [-0.1, -0.05) is 12.1 Å². The van der Waals surface area contributed by atoms with Gasteiger partial charge in [0.2, 0.25) is 5.91 Å². The van der Waals surface area contributed by atoms with Gasteiger partial charge in [-0.25, -0.2) is 9.97 Å². The van der Waals surface area contributed by atoms with Crippen molar-refractivity contribution in [3.8, 4) is 5.75 Å². The van der Waals surface area contributed by atoms with Crippen LogP contribution in [0.4, 0.5) is 5.69 Å². The van der Waals surface area contributed by atoms with Gasteiger partial charge in [0.1, 0.15) is 12.1 Å². The number of hydrogen-bond acceptors (Lipinski definition) is 5. The van der Waals surface area contributed by atoms with Crippen LogP contribution in [0.2, 0.25) is 0 Å². The first-order valence-corrected chi connectivity index (χ1v) is 8.16. The molecule has 0 saturated carbocycles. The van der Waals surface area contributed by atoms with E-state index in [4.69, 9.17) is 4.74 Å². The van der Waals surface area contributed by atoms with Crippen molar-refractivity contribution in [2.75, 3.05) is 31.6 Å². The highest BCUT2D eigenvalue weighted by molar-refractivity contribution is 5.97. The molecule has 1 amide bonds. The first kappa shape index (κ1) is 15.1. The zero-order chi connectivity index (χ0) is 16.5. The van der Waals surface area contributed by atoms with Crippen molar-refractivity contribution in [2.45, 2.75) is 6.54 Å². The third-order valence-corrected chi connectivity index (χ3v) is 4.92. The molecule has 1 aromatic heterocycles. The number of rotatable bonds is 4. The van der Waals surface area contributed by atoms with Gasteiger partial charge in [-0.2, -0.15) is 0 Å². The molecule has 2 fully saturated rings. The van der Waals surface area contributed by atoms with Crippen LogP contribution in [0.1, 0.15) is 5.56 Å². The van der Waals surface area contributed by atoms with Crippen molar-refractivity contribution in [1.29, 1.82) is 0 Å². The van der Waals surface area contributed by atoms with Gasteiger partial charge in [0.15, 0.2) is 0 Å². The molecular formula is C18H20N4O2.